The van der Waals surface area contributed by atoms with Crippen molar-refractivity contribution >= 4 is 29.3 Å². The Labute approximate surface area is 169 Å². The van der Waals surface area contributed by atoms with Crippen molar-refractivity contribution in [3.63, 3.8) is 0 Å². The van der Waals surface area contributed by atoms with E-state index in [2.05, 4.69) is 10.1 Å². The van der Waals surface area contributed by atoms with E-state index in [9.17, 15) is 19.7 Å². The Morgan fingerprint density at radius 3 is 2.48 bits per heavy atom. The van der Waals surface area contributed by atoms with Crippen LogP contribution in [0.3, 0.4) is 0 Å². The van der Waals surface area contributed by atoms with E-state index in [1.807, 2.05) is 0 Å². The maximum absolute atomic E-state index is 12.8. The number of amides is 1. The molecule has 1 unspecified atom stereocenters. The minimum absolute atomic E-state index is 0.0112. The standard InChI is InChI=1S/C19H15N5O4S/c1-22-16(25)11-29-19(22)15-10-23(18(26)13-6-8-20-9-7-13)21-17(15)12-2-4-14(5-3-12)24(27)28/h2-10,19H,11H2,1H3. The first-order chi connectivity index (χ1) is 14.0. The average molecular weight is 409 g/mol. The minimum Gasteiger partial charge on any atom is -0.329 e. The van der Waals surface area contributed by atoms with E-state index in [4.69, 9.17) is 0 Å². The van der Waals surface area contributed by atoms with Crippen LogP contribution in [0.5, 0.6) is 0 Å². The van der Waals surface area contributed by atoms with Crippen LogP contribution in [-0.4, -0.2) is 49.2 Å². The molecule has 0 bridgehead atoms. The van der Waals surface area contributed by atoms with Crippen molar-refractivity contribution in [2.24, 2.45) is 0 Å². The summed E-state index contributed by atoms with van der Waals surface area (Å²) in [5.41, 5.74) is 2.21. The maximum atomic E-state index is 12.8. The lowest BCUT2D eigenvalue weighted by atomic mass is 10.1. The molecule has 0 radical (unpaired) electrons. The smallest absolute Gasteiger partial charge is 0.278 e. The van der Waals surface area contributed by atoms with E-state index < -0.39 is 4.92 Å². The Morgan fingerprint density at radius 1 is 1.21 bits per heavy atom. The normalized spacial score (nSPS) is 16.2. The zero-order valence-corrected chi connectivity index (χ0v) is 16.1. The summed E-state index contributed by atoms with van der Waals surface area (Å²) >= 11 is 1.44. The summed E-state index contributed by atoms with van der Waals surface area (Å²) in [5, 5.41) is 15.1. The number of aromatic nitrogens is 3. The van der Waals surface area contributed by atoms with E-state index in [1.54, 1.807) is 42.4 Å². The zero-order chi connectivity index (χ0) is 20.5. The van der Waals surface area contributed by atoms with Crippen molar-refractivity contribution in [2.75, 3.05) is 12.8 Å². The third kappa shape index (κ3) is 3.49. The molecule has 0 aliphatic carbocycles. The molecule has 29 heavy (non-hydrogen) atoms. The molecule has 1 atom stereocenters. The largest absolute Gasteiger partial charge is 0.329 e. The molecule has 2 aromatic heterocycles. The first kappa shape index (κ1) is 18.8. The van der Waals surface area contributed by atoms with Crippen LogP contribution < -0.4 is 0 Å². The molecule has 1 aromatic carbocycles. The number of benzene rings is 1. The third-order valence-corrected chi connectivity index (χ3v) is 5.90. The number of carbonyl (C=O) groups excluding carboxylic acids is 2. The highest BCUT2D eigenvalue weighted by Crippen LogP contribution is 2.41. The molecule has 3 heterocycles. The summed E-state index contributed by atoms with van der Waals surface area (Å²) in [6.07, 6.45) is 4.66. The molecule has 1 aliphatic heterocycles. The molecule has 3 aromatic rings. The number of nitrogens with zero attached hydrogens (tertiary/aromatic N) is 5. The molecule has 0 spiro atoms. The Hall–Kier alpha value is -3.53. The quantitative estimate of drug-likeness (QED) is 0.481. The first-order valence-corrected chi connectivity index (χ1v) is 9.67. The SMILES string of the molecule is CN1C(=O)CSC1c1cn(C(=O)c2ccncc2)nc1-c1ccc([N+](=O)[O-])cc1. The van der Waals surface area contributed by atoms with Crippen LogP contribution in [0.15, 0.2) is 55.0 Å². The molecular weight excluding hydrogens is 394 g/mol. The zero-order valence-electron chi connectivity index (χ0n) is 15.3. The van der Waals surface area contributed by atoms with Crippen LogP contribution in [0.4, 0.5) is 5.69 Å². The van der Waals surface area contributed by atoms with Gasteiger partial charge < -0.3 is 4.90 Å². The Bertz CT molecular complexity index is 1100. The maximum Gasteiger partial charge on any atom is 0.278 e. The number of thioether (sulfide) groups is 1. The number of hydrogen-bond donors (Lipinski definition) is 0. The summed E-state index contributed by atoms with van der Waals surface area (Å²) in [7, 11) is 1.70. The van der Waals surface area contributed by atoms with Gasteiger partial charge in [0.05, 0.1) is 16.4 Å². The highest BCUT2D eigenvalue weighted by molar-refractivity contribution is 8.00. The van der Waals surface area contributed by atoms with Gasteiger partial charge in [-0.3, -0.25) is 24.7 Å². The first-order valence-electron chi connectivity index (χ1n) is 8.62. The van der Waals surface area contributed by atoms with Crippen LogP contribution in [-0.2, 0) is 4.79 Å². The molecule has 0 N–H and O–H groups in total. The van der Waals surface area contributed by atoms with Crippen molar-refractivity contribution in [2.45, 2.75) is 5.37 Å². The lowest BCUT2D eigenvalue weighted by molar-refractivity contribution is -0.384. The molecule has 1 amide bonds. The number of nitro benzene ring substituents is 1. The fourth-order valence-electron chi connectivity index (χ4n) is 3.06. The summed E-state index contributed by atoms with van der Waals surface area (Å²) in [6.45, 7) is 0. The van der Waals surface area contributed by atoms with E-state index in [0.29, 0.717) is 28.1 Å². The van der Waals surface area contributed by atoms with Gasteiger partial charge in [0.1, 0.15) is 5.37 Å². The molecule has 10 heteroatoms. The van der Waals surface area contributed by atoms with Crippen LogP contribution in [0.2, 0.25) is 0 Å². The predicted molar refractivity (Wildman–Crippen MR) is 106 cm³/mol. The van der Waals surface area contributed by atoms with Crippen molar-refractivity contribution < 1.29 is 14.5 Å². The summed E-state index contributed by atoms with van der Waals surface area (Å²) in [6, 6.07) is 9.14. The highest BCUT2D eigenvalue weighted by Gasteiger charge is 2.33. The lowest BCUT2D eigenvalue weighted by Crippen LogP contribution is -2.23. The average Bonchev–Trinajstić information content (AvgIpc) is 3.32. The molecular formula is C19H15N5O4S. The molecule has 1 fully saturated rings. The van der Waals surface area contributed by atoms with Gasteiger partial charge in [-0.15, -0.1) is 11.8 Å². The van der Waals surface area contributed by atoms with Gasteiger partial charge in [0, 0.05) is 54.5 Å². The number of nitro groups is 1. The van der Waals surface area contributed by atoms with Gasteiger partial charge in [-0.05, 0) is 24.3 Å². The van der Waals surface area contributed by atoms with E-state index in [1.165, 1.54) is 41.0 Å². The summed E-state index contributed by atoms with van der Waals surface area (Å²) in [5.74, 6) is -0.00805. The molecule has 146 valence electrons. The molecule has 0 saturated carbocycles. The fraction of sp³-hybridized carbons (Fsp3) is 0.158. The van der Waals surface area contributed by atoms with Crippen molar-refractivity contribution in [3.05, 3.63) is 76.2 Å². The summed E-state index contributed by atoms with van der Waals surface area (Å²) in [4.78, 5) is 40.8. The summed E-state index contributed by atoms with van der Waals surface area (Å²) < 4.78 is 1.23. The van der Waals surface area contributed by atoms with Gasteiger partial charge in [-0.1, -0.05) is 0 Å². The van der Waals surface area contributed by atoms with Crippen molar-refractivity contribution in [1.82, 2.24) is 19.7 Å². The van der Waals surface area contributed by atoms with Crippen molar-refractivity contribution in [1.29, 1.82) is 0 Å². The topological polar surface area (TPSA) is 111 Å². The second-order valence-corrected chi connectivity index (χ2v) is 7.46. The van der Waals surface area contributed by atoms with Gasteiger partial charge in [0.15, 0.2) is 0 Å². The van der Waals surface area contributed by atoms with Gasteiger partial charge in [-0.25, -0.2) is 4.68 Å². The van der Waals surface area contributed by atoms with Gasteiger partial charge >= 0.3 is 0 Å². The van der Waals surface area contributed by atoms with Crippen molar-refractivity contribution in [3.8, 4) is 11.3 Å². The van der Waals surface area contributed by atoms with Gasteiger partial charge in [0.2, 0.25) is 5.91 Å². The third-order valence-electron chi connectivity index (χ3n) is 4.61. The number of pyridine rings is 1. The monoisotopic (exact) mass is 409 g/mol. The number of carbonyl (C=O) groups is 2. The van der Waals surface area contributed by atoms with E-state index in [0.717, 1.165) is 0 Å². The predicted octanol–water partition coefficient (Wildman–Crippen LogP) is 2.75. The molecule has 1 aliphatic rings. The second kappa shape index (κ2) is 7.47. The van der Waals surface area contributed by atoms with Crippen LogP contribution in [0.1, 0.15) is 21.3 Å². The number of non-ortho nitro benzene ring substituents is 1. The Morgan fingerprint density at radius 2 is 1.90 bits per heavy atom. The number of hydrogen-bond acceptors (Lipinski definition) is 7. The Balaban J connectivity index is 1.80. The molecule has 9 nitrogen and oxygen atoms in total. The van der Waals surface area contributed by atoms with Crippen LogP contribution in [0.25, 0.3) is 11.3 Å². The second-order valence-electron chi connectivity index (χ2n) is 6.39. The van der Waals surface area contributed by atoms with E-state index in [-0.39, 0.29) is 22.9 Å². The molecule has 1 saturated heterocycles. The molecule has 4 rings (SSSR count). The minimum atomic E-state index is -0.477. The van der Waals surface area contributed by atoms with Gasteiger partial charge in [-0.2, -0.15) is 5.10 Å². The van der Waals surface area contributed by atoms with E-state index >= 15 is 0 Å². The van der Waals surface area contributed by atoms with Gasteiger partial charge in [0.25, 0.3) is 11.6 Å². The lowest BCUT2D eigenvalue weighted by Gasteiger charge is -2.18. The highest BCUT2D eigenvalue weighted by atomic mass is 32.2. The number of rotatable bonds is 4. The fourth-order valence-corrected chi connectivity index (χ4v) is 4.25. The van der Waals surface area contributed by atoms with Crippen LogP contribution in [0, 0.1) is 10.1 Å². The Kier molecular flexibility index (Phi) is 4.85. The van der Waals surface area contributed by atoms with Crippen LogP contribution >= 0.6 is 11.8 Å².